The Morgan fingerprint density at radius 3 is 2.52 bits per heavy atom. The number of benzene rings is 1. The fraction of sp³-hybridized carbons (Fsp3) is 0.263. The van der Waals surface area contributed by atoms with Crippen LogP contribution in [0.15, 0.2) is 40.1 Å². The van der Waals surface area contributed by atoms with E-state index < -0.39 is 23.0 Å². The number of aryl methyl sites for hydroxylation is 1. The topological polar surface area (TPSA) is 107 Å². The number of aromatic amines is 1. The Morgan fingerprint density at radius 2 is 1.85 bits per heavy atom. The van der Waals surface area contributed by atoms with Crippen LogP contribution in [0.3, 0.4) is 0 Å². The fourth-order valence-corrected chi connectivity index (χ4v) is 2.00. The van der Waals surface area contributed by atoms with Gasteiger partial charge in [-0.2, -0.15) is 0 Å². The van der Waals surface area contributed by atoms with Gasteiger partial charge in [0.15, 0.2) is 0 Å². The highest BCUT2D eigenvalue weighted by atomic mass is 16.6. The highest BCUT2D eigenvalue weighted by Crippen LogP contribution is 2.03. The van der Waals surface area contributed by atoms with Gasteiger partial charge in [-0.15, -0.1) is 0 Å². The summed E-state index contributed by atoms with van der Waals surface area (Å²) in [6.07, 6.45) is 1.21. The first-order chi connectivity index (χ1) is 12.9. The molecule has 2 rings (SSSR count). The number of carbonyl (C=O) groups excluding carboxylic acids is 2. The number of hydrogen-bond donors (Lipinski definition) is 1. The van der Waals surface area contributed by atoms with E-state index >= 15 is 0 Å². The molecule has 0 aliphatic carbocycles. The summed E-state index contributed by atoms with van der Waals surface area (Å²) in [5, 5.41) is 0. The van der Waals surface area contributed by atoms with Crippen molar-refractivity contribution in [1.82, 2.24) is 9.55 Å². The van der Waals surface area contributed by atoms with Crippen LogP contribution >= 0.6 is 0 Å². The van der Waals surface area contributed by atoms with E-state index in [9.17, 15) is 19.2 Å². The van der Waals surface area contributed by atoms with Crippen LogP contribution in [0.5, 0.6) is 0 Å². The molecule has 1 aromatic carbocycles. The average Bonchev–Trinajstić information content (AvgIpc) is 2.62. The van der Waals surface area contributed by atoms with Crippen LogP contribution in [-0.4, -0.2) is 34.5 Å². The molecule has 0 unspecified atom stereocenters. The Labute approximate surface area is 154 Å². The van der Waals surface area contributed by atoms with E-state index in [1.807, 2.05) is 6.92 Å². The van der Waals surface area contributed by atoms with Gasteiger partial charge in [-0.05, 0) is 12.8 Å². The molecule has 0 bridgehead atoms. The second-order valence-electron chi connectivity index (χ2n) is 5.59. The maximum Gasteiger partial charge on any atom is 0.330 e. The Bertz CT molecular complexity index is 1010. The fourth-order valence-electron chi connectivity index (χ4n) is 2.00. The Balaban J connectivity index is 2.10. The smallest absolute Gasteiger partial charge is 0.330 e. The molecule has 0 saturated carbocycles. The van der Waals surface area contributed by atoms with E-state index in [1.54, 1.807) is 24.3 Å². The molecule has 0 radical (unpaired) electrons. The summed E-state index contributed by atoms with van der Waals surface area (Å²) in [6, 6.07) is 6.87. The number of aromatic nitrogens is 2. The maximum atomic E-state index is 12.1. The molecule has 0 spiro atoms. The molecular formula is C19H18N2O6. The summed E-state index contributed by atoms with van der Waals surface area (Å²) >= 11 is 0. The molecule has 140 valence electrons. The highest BCUT2D eigenvalue weighted by molar-refractivity contribution is 6.09. The lowest BCUT2D eigenvalue weighted by atomic mass is 10.1. The number of H-pyrrole nitrogens is 1. The summed E-state index contributed by atoms with van der Waals surface area (Å²) in [5.41, 5.74) is 0.00491. The molecule has 1 N–H and O–H groups in total. The third-order valence-electron chi connectivity index (χ3n) is 3.40. The molecule has 0 saturated heterocycles. The second-order valence-corrected chi connectivity index (χ2v) is 5.59. The van der Waals surface area contributed by atoms with Crippen molar-refractivity contribution < 1.29 is 19.1 Å². The molecule has 0 aliphatic rings. The Hall–Kier alpha value is -3.44. The van der Waals surface area contributed by atoms with Gasteiger partial charge in [-0.1, -0.05) is 35.7 Å². The lowest BCUT2D eigenvalue weighted by Crippen LogP contribution is -2.32. The summed E-state index contributed by atoms with van der Waals surface area (Å²) in [7, 11) is 0. The minimum Gasteiger partial charge on any atom is -0.463 e. The van der Waals surface area contributed by atoms with Crippen molar-refractivity contribution in [2.75, 3.05) is 13.2 Å². The number of rotatable bonds is 6. The van der Waals surface area contributed by atoms with Crippen LogP contribution in [0, 0.1) is 18.8 Å². The molecule has 0 fully saturated rings. The third kappa shape index (κ3) is 6.09. The second kappa shape index (κ2) is 9.31. The molecule has 2 aromatic rings. The number of carbonyl (C=O) groups is 2. The molecular weight excluding hydrogens is 352 g/mol. The number of nitrogens with one attached hydrogen (secondary N) is 1. The summed E-state index contributed by atoms with van der Waals surface area (Å²) in [5.74, 6) is 4.00. The van der Waals surface area contributed by atoms with Crippen molar-refractivity contribution in [3.8, 4) is 11.8 Å². The van der Waals surface area contributed by atoms with Crippen LogP contribution in [0.1, 0.15) is 28.4 Å². The minimum atomic E-state index is -0.694. The van der Waals surface area contributed by atoms with Gasteiger partial charge in [0.2, 0.25) is 5.78 Å². The molecule has 0 atom stereocenters. The van der Waals surface area contributed by atoms with Crippen LogP contribution in [0.4, 0.5) is 0 Å². The predicted octanol–water partition coefficient (Wildman–Crippen LogP) is 0.617. The third-order valence-corrected chi connectivity index (χ3v) is 3.40. The standard InChI is InChI=1S/C19H18N2O6/c1-13-3-5-15(6-4-13)17(23)8-7-16-11-21(19(25)20-18(16)24)12-26-9-10-27-14(2)22/h3-6,11H,9-10,12H2,1-2H3,(H,20,24,25). The van der Waals surface area contributed by atoms with Crippen molar-refractivity contribution >= 4 is 11.8 Å². The van der Waals surface area contributed by atoms with Gasteiger partial charge in [0.05, 0.1) is 6.61 Å². The van der Waals surface area contributed by atoms with Crippen molar-refractivity contribution in [3.63, 3.8) is 0 Å². The first kappa shape index (κ1) is 19.9. The number of ketones is 1. The molecule has 8 heteroatoms. The lowest BCUT2D eigenvalue weighted by molar-refractivity contribution is -0.142. The molecule has 0 amide bonds. The highest BCUT2D eigenvalue weighted by Gasteiger charge is 2.05. The first-order valence-electron chi connectivity index (χ1n) is 8.04. The largest absolute Gasteiger partial charge is 0.463 e. The zero-order chi connectivity index (χ0) is 19.8. The van der Waals surface area contributed by atoms with Crippen LogP contribution < -0.4 is 11.2 Å². The number of esters is 1. The van der Waals surface area contributed by atoms with E-state index in [0.29, 0.717) is 5.56 Å². The van der Waals surface area contributed by atoms with E-state index in [4.69, 9.17) is 9.47 Å². The average molecular weight is 370 g/mol. The molecule has 0 aliphatic heterocycles. The van der Waals surface area contributed by atoms with E-state index in [-0.39, 0.29) is 25.5 Å². The predicted molar refractivity (Wildman–Crippen MR) is 96.3 cm³/mol. The quantitative estimate of drug-likeness (QED) is 0.346. The van der Waals surface area contributed by atoms with Crippen LogP contribution in [-0.2, 0) is 21.0 Å². The van der Waals surface area contributed by atoms with Crippen molar-refractivity contribution in [2.45, 2.75) is 20.6 Å². The molecule has 27 heavy (non-hydrogen) atoms. The summed E-state index contributed by atoms with van der Waals surface area (Å²) < 4.78 is 11.0. The van der Waals surface area contributed by atoms with Crippen molar-refractivity contribution in [2.24, 2.45) is 0 Å². The maximum absolute atomic E-state index is 12.1. The lowest BCUT2D eigenvalue weighted by Gasteiger charge is -2.07. The number of ether oxygens (including phenoxy) is 2. The van der Waals surface area contributed by atoms with Crippen molar-refractivity contribution in [1.29, 1.82) is 0 Å². The summed E-state index contributed by atoms with van der Waals surface area (Å²) in [6.45, 7) is 3.13. The number of Topliss-reactive ketones (excluding diaryl/α,β-unsaturated/α-hetero) is 1. The monoisotopic (exact) mass is 370 g/mol. The van der Waals surface area contributed by atoms with E-state index in [1.165, 1.54) is 13.1 Å². The normalized spacial score (nSPS) is 10.0. The zero-order valence-electron chi connectivity index (χ0n) is 14.9. The Morgan fingerprint density at radius 1 is 1.15 bits per heavy atom. The number of nitrogens with zero attached hydrogens (tertiary/aromatic N) is 1. The summed E-state index contributed by atoms with van der Waals surface area (Å²) in [4.78, 5) is 48.5. The Kier molecular flexibility index (Phi) is 6.86. The van der Waals surface area contributed by atoms with Gasteiger partial charge >= 0.3 is 11.7 Å². The van der Waals surface area contributed by atoms with Gasteiger partial charge in [0, 0.05) is 18.7 Å². The number of hydrogen-bond acceptors (Lipinski definition) is 6. The molecule has 1 heterocycles. The van der Waals surface area contributed by atoms with Crippen molar-refractivity contribution in [3.05, 3.63) is 68.0 Å². The zero-order valence-corrected chi connectivity index (χ0v) is 14.9. The van der Waals surface area contributed by atoms with Gasteiger partial charge in [0.25, 0.3) is 5.56 Å². The van der Waals surface area contributed by atoms with Crippen LogP contribution in [0.2, 0.25) is 0 Å². The molecule has 8 nitrogen and oxygen atoms in total. The minimum absolute atomic E-state index is 0.0429. The van der Waals surface area contributed by atoms with Gasteiger partial charge in [-0.3, -0.25) is 23.9 Å². The first-order valence-corrected chi connectivity index (χ1v) is 8.04. The van der Waals surface area contributed by atoms with Gasteiger partial charge < -0.3 is 9.47 Å². The van der Waals surface area contributed by atoms with Crippen LogP contribution in [0.25, 0.3) is 0 Å². The van der Waals surface area contributed by atoms with Gasteiger partial charge in [-0.25, -0.2) is 4.79 Å². The van der Waals surface area contributed by atoms with E-state index in [2.05, 4.69) is 16.8 Å². The molecule has 1 aromatic heterocycles. The van der Waals surface area contributed by atoms with E-state index in [0.717, 1.165) is 10.1 Å². The van der Waals surface area contributed by atoms with Gasteiger partial charge in [0.1, 0.15) is 18.9 Å². The SMILES string of the molecule is CC(=O)OCCOCn1cc(C#CC(=O)c2ccc(C)cc2)c(=O)[nH]c1=O.